The van der Waals surface area contributed by atoms with Crippen molar-refractivity contribution in [3.8, 4) is 0 Å². The summed E-state index contributed by atoms with van der Waals surface area (Å²) in [7, 11) is 1.50. The molecule has 4 atom stereocenters. The molecule has 0 radical (unpaired) electrons. The van der Waals surface area contributed by atoms with E-state index in [1.807, 2.05) is 26.0 Å². The second-order valence-corrected chi connectivity index (χ2v) is 13.4. The van der Waals surface area contributed by atoms with E-state index < -0.39 is 12.1 Å². The average Bonchev–Trinajstić information content (AvgIpc) is 3.58. The van der Waals surface area contributed by atoms with Gasteiger partial charge in [-0.25, -0.2) is 4.98 Å². The zero-order valence-corrected chi connectivity index (χ0v) is 25.2. The molecule has 12 heteroatoms. The topological polar surface area (TPSA) is 133 Å². The second kappa shape index (κ2) is 12.3. The number of ether oxygens (including phenoxy) is 1. The van der Waals surface area contributed by atoms with Crippen LogP contribution in [0.25, 0.3) is 0 Å². The van der Waals surface area contributed by atoms with E-state index in [1.54, 1.807) is 6.07 Å². The van der Waals surface area contributed by atoms with Crippen LogP contribution in [0.3, 0.4) is 0 Å². The van der Waals surface area contributed by atoms with Crippen molar-refractivity contribution >= 4 is 46.2 Å². The summed E-state index contributed by atoms with van der Waals surface area (Å²) < 4.78 is 5.08. The maximum absolute atomic E-state index is 13.5. The number of rotatable bonds is 9. The third-order valence-corrected chi connectivity index (χ3v) is 9.86. The van der Waals surface area contributed by atoms with Gasteiger partial charge in [-0.05, 0) is 56.9 Å². The quantitative estimate of drug-likeness (QED) is 0.344. The van der Waals surface area contributed by atoms with Crippen LogP contribution in [0, 0.1) is 5.92 Å². The summed E-state index contributed by atoms with van der Waals surface area (Å²) in [6.07, 6.45) is 2.81. The maximum atomic E-state index is 13.5. The largest absolute Gasteiger partial charge is 0.394 e. The molecule has 0 bridgehead atoms. The van der Waals surface area contributed by atoms with Gasteiger partial charge in [-0.2, -0.15) is 0 Å². The normalized spacial score (nSPS) is 24.2. The van der Waals surface area contributed by atoms with Crippen molar-refractivity contribution in [2.45, 2.75) is 76.2 Å². The molecule has 2 amide bonds. The molecule has 2 aliphatic heterocycles. The van der Waals surface area contributed by atoms with Crippen LogP contribution in [0.1, 0.15) is 59.0 Å². The number of anilines is 1. The minimum atomic E-state index is -0.440. The molecule has 5 rings (SSSR count). The molecular formula is C29H38ClN5O5S. The van der Waals surface area contributed by atoms with Gasteiger partial charge in [-0.15, -0.1) is 11.3 Å². The van der Waals surface area contributed by atoms with E-state index in [-0.39, 0.29) is 48.3 Å². The van der Waals surface area contributed by atoms with E-state index in [0.717, 1.165) is 28.4 Å². The molecule has 1 saturated carbocycles. The van der Waals surface area contributed by atoms with E-state index in [1.165, 1.54) is 18.4 Å². The average molecular weight is 604 g/mol. The number of aliphatic hydroxyl groups excluding tert-OH is 1. The molecule has 10 nitrogen and oxygen atoms in total. The van der Waals surface area contributed by atoms with Crippen LogP contribution in [0.5, 0.6) is 0 Å². The number of carbonyl (C=O) groups is 3. The predicted molar refractivity (Wildman–Crippen MR) is 157 cm³/mol. The summed E-state index contributed by atoms with van der Waals surface area (Å²) >= 11 is 7.50. The number of aromatic nitrogens is 1. The molecule has 1 fully saturated rings. The Morgan fingerprint density at radius 2 is 2.05 bits per heavy atom. The minimum Gasteiger partial charge on any atom is -0.394 e. The van der Waals surface area contributed by atoms with E-state index in [9.17, 15) is 19.5 Å². The van der Waals surface area contributed by atoms with Gasteiger partial charge in [0, 0.05) is 66.1 Å². The highest BCUT2D eigenvalue weighted by Crippen LogP contribution is 2.32. The molecule has 3 aliphatic rings. The number of nitrogens with one attached hydrogen (secondary N) is 3. The molecule has 3 heterocycles. The van der Waals surface area contributed by atoms with Crippen LogP contribution >= 0.6 is 22.9 Å². The van der Waals surface area contributed by atoms with Gasteiger partial charge in [0.05, 0.1) is 18.3 Å². The third-order valence-electron chi connectivity index (χ3n) is 8.54. The number of Topliss-reactive ketones (excluding diaryl/α,β-unsaturated/α-hetero) is 1. The van der Waals surface area contributed by atoms with Crippen molar-refractivity contribution in [3.05, 3.63) is 44.4 Å². The summed E-state index contributed by atoms with van der Waals surface area (Å²) in [5, 5.41) is 20.3. The van der Waals surface area contributed by atoms with Crippen molar-refractivity contribution in [3.63, 3.8) is 0 Å². The number of aliphatic hydroxyl groups is 1. The Kier molecular flexibility index (Phi) is 9.01. The molecule has 1 aliphatic carbocycles. The van der Waals surface area contributed by atoms with E-state index in [4.69, 9.17) is 16.3 Å². The summed E-state index contributed by atoms with van der Waals surface area (Å²) in [6, 6.07) is 4.32. The molecule has 1 aromatic carbocycles. The SMILES string of the molecule is COCC(=O)C1CC[C@H](NC(=O)C2Cc3cc(Cl)ccc3N2)[C@H](NC(=O)c2nc3c(s2)CN(C(C)(C)CO)CC3)C1. The van der Waals surface area contributed by atoms with Gasteiger partial charge >= 0.3 is 0 Å². The Hall–Kier alpha value is -2.57. The van der Waals surface area contributed by atoms with E-state index in [2.05, 4.69) is 25.8 Å². The van der Waals surface area contributed by atoms with Crippen LogP contribution < -0.4 is 16.0 Å². The third kappa shape index (κ3) is 6.59. The maximum Gasteiger partial charge on any atom is 0.280 e. The standard InChI is InChI=1S/C29H38ClN5O5S/c1-29(2,15-36)35-9-8-21-25(13-35)41-28(34-21)27(39)33-22-11-16(24(37)14-40-3)4-6-20(22)32-26(38)23-12-17-10-18(30)5-7-19(17)31-23/h5,7,10,16,20,22-23,31,36H,4,6,8-9,11-15H2,1-3H3,(H,32,38)(H,33,39)/t16?,20-,22+,23?/m0/s1. The molecular weight excluding hydrogens is 566 g/mol. The van der Waals surface area contributed by atoms with Crippen molar-refractivity contribution in [1.29, 1.82) is 0 Å². The lowest BCUT2D eigenvalue weighted by atomic mass is 9.80. The Bertz CT molecular complexity index is 1320. The highest BCUT2D eigenvalue weighted by Gasteiger charge is 2.38. The van der Waals surface area contributed by atoms with Gasteiger partial charge in [0.1, 0.15) is 12.6 Å². The number of ketones is 1. The van der Waals surface area contributed by atoms with Gasteiger partial charge in [-0.3, -0.25) is 19.3 Å². The smallest absolute Gasteiger partial charge is 0.280 e. The Morgan fingerprint density at radius 1 is 1.24 bits per heavy atom. The first kappa shape index (κ1) is 29.9. The first-order valence-electron chi connectivity index (χ1n) is 14.1. The van der Waals surface area contributed by atoms with Gasteiger partial charge in [0.25, 0.3) is 5.91 Å². The summed E-state index contributed by atoms with van der Waals surface area (Å²) in [5.74, 6) is -0.720. The number of halogens is 1. The number of hydrogen-bond donors (Lipinski definition) is 4. The van der Waals surface area contributed by atoms with Gasteiger partial charge in [0.2, 0.25) is 5.91 Å². The van der Waals surface area contributed by atoms with Crippen molar-refractivity contribution in [1.82, 2.24) is 20.5 Å². The van der Waals surface area contributed by atoms with Crippen molar-refractivity contribution in [2.75, 3.05) is 32.2 Å². The molecule has 2 unspecified atom stereocenters. The van der Waals surface area contributed by atoms with Crippen molar-refractivity contribution < 1.29 is 24.2 Å². The fraction of sp³-hybridized carbons (Fsp3) is 0.586. The predicted octanol–water partition coefficient (Wildman–Crippen LogP) is 2.56. The zero-order valence-electron chi connectivity index (χ0n) is 23.7. The van der Waals surface area contributed by atoms with E-state index >= 15 is 0 Å². The van der Waals surface area contributed by atoms with Crippen LogP contribution in [0.4, 0.5) is 5.69 Å². The van der Waals surface area contributed by atoms with Crippen LogP contribution in [0.2, 0.25) is 5.02 Å². The zero-order chi connectivity index (χ0) is 29.3. The Morgan fingerprint density at radius 3 is 2.80 bits per heavy atom. The number of thiazole rings is 1. The summed E-state index contributed by atoms with van der Waals surface area (Å²) in [4.78, 5) is 47.3. The van der Waals surface area contributed by atoms with Crippen molar-refractivity contribution in [2.24, 2.45) is 5.92 Å². The number of amides is 2. The number of hydrogen-bond acceptors (Lipinski definition) is 9. The molecule has 0 spiro atoms. The Labute approximate surface area is 249 Å². The number of fused-ring (bicyclic) bond motifs is 2. The number of carbonyl (C=O) groups excluding carboxylic acids is 3. The number of benzene rings is 1. The van der Waals surface area contributed by atoms with Gasteiger partial charge < -0.3 is 25.8 Å². The van der Waals surface area contributed by atoms with Crippen LogP contribution in [0.15, 0.2) is 18.2 Å². The Balaban J connectivity index is 1.28. The number of nitrogens with zero attached hydrogens (tertiary/aromatic N) is 2. The van der Waals surface area contributed by atoms with E-state index in [0.29, 0.717) is 48.7 Å². The molecule has 222 valence electrons. The lowest BCUT2D eigenvalue weighted by Crippen LogP contribution is -2.57. The monoisotopic (exact) mass is 603 g/mol. The molecule has 41 heavy (non-hydrogen) atoms. The van der Waals surface area contributed by atoms with Crippen LogP contribution in [-0.2, 0) is 33.7 Å². The summed E-state index contributed by atoms with van der Waals surface area (Å²) in [5.41, 5.74) is 2.44. The lowest BCUT2D eigenvalue weighted by molar-refractivity contribution is -0.128. The molecule has 4 N–H and O–H groups in total. The van der Waals surface area contributed by atoms with Gasteiger partial charge in [-0.1, -0.05) is 11.6 Å². The highest BCUT2D eigenvalue weighted by atomic mass is 35.5. The van der Waals surface area contributed by atoms with Crippen LogP contribution in [-0.4, -0.2) is 83.1 Å². The molecule has 1 aromatic heterocycles. The second-order valence-electron chi connectivity index (χ2n) is 11.8. The minimum absolute atomic E-state index is 0.00221. The first-order chi connectivity index (χ1) is 19.6. The number of methoxy groups -OCH3 is 1. The first-order valence-corrected chi connectivity index (χ1v) is 15.3. The molecule has 2 aromatic rings. The van der Waals surface area contributed by atoms with Gasteiger partial charge in [0.15, 0.2) is 10.8 Å². The highest BCUT2D eigenvalue weighted by molar-refractivity contribution is 7.13. The fourth-order valence-corrected chi connectivity index (χ4v) is 7.19. The molecule has 0 saturated heterocycles. The fourth-order valence-electron chi connectivity index (χ4n) is 5.97. The lowest BCUT2D eigenvalue weighted by Gasteiger charge is -2.39. The summed E-state index contributed by atoms with van der Waals surface area (Å²) in [6.45, 7) is 5.46.